The van der Waals surface area contributed by atoms with Crippen molar-refractivity contribution in [2.75, 3.05) is 47.0 Å². The SMILES string of the molecule is COC(=O)[C@H](CCSC)NC(=O)CN1C(=O)CC[C@H](NC(=O)c2cc(OC)c(OC)c(OC)c2)C1=O. The largest absolute Gasteiger partial charge is 0.493 e. The molecule has 1 aromatic carbocycles. The van der Waals surface area contributed by atoms with E-state index < -0.39 is 48.2 Å². The lowest BCUT2D eigenvalue weighted by molar-refractivity contribution is -0.152. The first-order chi connectivity index (χ1) is 17.2. The van der Waals surface area contributed by atoms with Crippen molar-refractivity contribution in [3.05, 3.63) is 17.7 Å². The average molecular weight is 526 g/mol. The number of nitrogens with one attached hydrogen (secondary N) is 2. The van der Waals surface area contributed by atoms with Crippen LogP contribution in [0.25, 0.3) is 0 Å². The van der Waals surface area contributed by atoms with Gasteiger partial charge in [-0.15, -0.1) is 0 Å². The number of piperidine rings is 1. The molecule has 12 nitrogen and oxygen atoms in total. The van der Waals surface area contributed by atoms with Gasteiger partial charge in [0, 0.05) is 12.0 Å². The second-order valence-electron chi connectivity index (χ2n) is 7.72. The van der Waals surface area contributed by atoms with Gasteiger partial charge in [-0.1, -0.05) is 0 Å². The fraction of sp³-hybridized carbons (Fsp3) is 0.522. The average Bonchev–Trinajstić information content (AvgIpc) is 2.88. The first kappa shape index (κ1) is 28.8. The summed E-state index contributed by atoms with van der Waals surface area (Å²) >= 11 is 1.49. The van der Waals surface area contributed by atoms with E-state index in [-0.39, 0.29) is 29.9 Å². The lowest BCUT2D eigenvalue weighted by atomic mass is 10.0. The van der Waals surface area contributed by atoms with E-state index in [0.717, 1.165) is 4.90 Å². The molecule has 0 bridgehead atoms. The van der Waals surface area contributed by atoms with E-state index >= 15 is 0 Å². The molecule has 13 heteroatoms. The molecule has 0 aromatic heterocycles. The molecule has 0 spiro atoms. The van der Waals surface area contributed by atoms with Crippen molar-refractivity contribution in [2.45, 2.75) is 31.3 Å². The Morgan fingerprint density at radius 2 is 1.72 bits per heavy atom. The van der Waals surface area contributed by atoms with E-state index in [4.69, 9.17) is 18.9 Å². The third-order valence-corrected chi connectivity index (χ3v) is 6.12. The molecule has 0 unspecified atom stereocenters. The lowest BCUT2D eigenvalue weighted by Gasteiger charge is -2.31. The number of likely N-dealkylation sites (tertiary alicyclic amines) is 1. The molecule has 1 aliphatic rings. The summed E-state index contributed by atoms with van der Waals surface area (Å²) < 4.78 is 20.5. The second-order valence-corrected chi connectivity index (χ2v) is 8.71. The second kappa shape index (κ2) is 13.6. The van der Waals surface area contributed by atoms with Gasteiger partial charge in [0.25, 0.3) is 11.8 Å². The number of hydrogen-bond acceptors (Lipinski definition) is 10. The van der Waals surface area contributed by atoms with Gasteiger partial charge in [-0.2, -0.15) is 11.8 Å². The predicted molar refractivity (Wildman–Crippen MR) is 130 cm³/mol. The van der Waals surface area contributed by atoms with Gasteiger partial charge < -0.3 is 29.6 Å². The number of carbonyl (C=O) groups is 5. The van der Waals surface area contributed by atoms with Crippen LogP contribution in [-0.4, -0.2) is 93.6 Å². The van der Waals surface area contributed by atoms with Crippen LogP contribution in [0, 0.1) is 0 Å². The molecular formula is C23H31N3O9S. The number of methoxy groups -OCH3 is 4. The highest BCUT2D eigenvalue weighted by Crippen LogP contribution is 2.38. The van der Waals surface area contributed by atoms with Gasteiger partial charge >= 0.3 is 5.97 Å². The van der Waals surface area contributed by atoms with Gasteiger partial charge in [-0.3, -0.25) is 24.1 Å². The van der Waals surface area contributed by atoms with E-state index in [2.05, 4.69) is 10.6 Å². The van der Waals surface area contributed by atoms with Crippen molar-refractivity contribution in [3.8, 4) is 17.2 Å². The summed E-state index contributed by atoms with van der Waals surface area (Å²) in [4.78, 5) is 63.6. The van der Waals surface area contributed by atoms with E-state index in [0.29, 0.717) is 17.9 Å². The van der Waals surface area contributed by atoms with Gasteiger partial charge in [0.15, 0.2) is 11.5 Å². The van der Waals surface area contributed by atoms with Crippen LogP contribution in [0.15, 0.2) is 12.1 Å². The Morgan fingerprint density at radius 3 is 2.25 bits per heavy atom. The first-order valence-electron chi connectivity index (χ1n) is 11.0. The van der Waals surface area contributed by atoms with E-state index in [1.165, 1.54) is 52.3 Å². The van der Waals surface area contributed by atoms with Crippen molar-refractivity contribution in [2.24, 2.45) is 0 Å². The van der Waals surface area contributed by atoms with Crippen molar-refractivity contribution >= 4 is 41.4 Å². The van der Waals surface area contributed by atoms with Crippen molar-refractivity contribution in [1.29, 1.82) is 0 Å². The molecule has 1 aliphatic heterocycles. The van der Waals surface area contributed by atoms with Crippen LogP contribution in [-0.2, 0) is 23.9 Å². The van der Waals surface area contributed by atoms with Gasteiger partial charge in [0.1, 0.15) is 18.6 Å². The Balaban J connectivity index is 2.12. The number of ether oxygens (including phenoxy) is 4. The number of hydrogen-bond donors (Lipinski definition) is 2. The number of benzene rings is 1. The molecule has 0 radical (unpaired) electrons. The Labute approximate surface area is 213 Å². The topological polar surface area (TPSA) is 150 Å². The quantitative estimate of drug-likeness (QED) is 0.289. The summed E-state index contributed by atoms with van der Waals surface area (Å²) in [5, 5.41) is 5.11. The molecule has 2 N–H and O–H groups in total. The van der Waals surface area contributed by atoms with Crippen molar-refractivity contribution in [3.63, 3.8) is 0 Å². The van der Waals surface area contributed by atoms with Crippen LogP contribution in [0.1, 0.15) is 29.6 Å². The smallest absolute Gasteiger partial charge is 0.328 e. The number of amides is 4. The van der Waals surface area contributed by atoms with Crippen LogP contribution in [0.4, 0.5) is 0 Å². The van der Waals surface area contributed by atoms with Crippen molar-refractivity contribution in [1.82, 2.24) is 15.5 Å². The fourth-order valence-corrected chi connectivity index (χ4v) is 4.07. The van der Waals surface area contributed by atoms with Crippen LogP contribution >= 0.6 is 11.8 Å². The minimum Gasteiger partial charge on any atom is -0.493 e. The molecule has 36 heavy (non-hydrogen) atoms. The zero-order valence-corrected chi connectivity index (χ0v) is 21.7. The molecule has 2 atom stereocenters. The maximum absolute atomic E-state index is 13.0. The highest BCUT2D eigenvalue weighted by molar-refractivity contribution is 7.98. The number of imide groups is 1. The first-order valence-corrected chi connectivity index (χ1v) is 12.4. The summed E-state index contributed by atoms with van der Waals surface area (Å²) in [6.45, 7) is -0.582. The molecule has 0 saturated carbocycles. The molecule has 1 saturated heterocycles. The fourth-order valence-electron chi connectivity index (χ4n) is 3.60. The number of thioether (sulfide) groups is 1. The highest BCUT2D eigenvalue weighted by Gasteiger charge is 2.37. The Hall–Kier alpha value is -3.48. The van der Waals surface area contributed by atoms with Crippen LogP contribution in [0.2, 0.25) is 0 Å². The van der Waals surface area contributed by atoms with E-state index in [1.54, 1.807) is 0 Å². The number of esters is 1. The summed E-state index contributed by atoms with van der Waals surface area (Å²) in [5.41, 5.74) is 0.146. The van der Waals surface area contributed by atoms with E-state index in [1.807, 2.05) is 6.26 Å². The van der Waals surface area contributed by atoms with Crippen LogP contribution in [0.3, 0.4) is 0 Å². The summed E-state index contributed by atoms with van der Waals surface area (Å²) in [6, 6.07) is 0.930. The molecular weight excluding hydrogens is 494 g/mol. The third kappa shape index (κ3) is 7.03. The highest BCUT2D eigenvalue weighted by atomic mass is 32.2. The molecule has 1 aromatic rings. The number of carbonyl (C=O) groups excluding carboxylic acids is 5. The Morgan fingerprint density at radius 1 is 1.08 bits per heavy atom. The zero-order valence-electron chi connectivity index (χ0n) is 20.9. The number of nitrogens with zero attached hydrogens (tertiary/aromatic N) is 1. The normalized spacial score (nSPS) is 16.1. The predicted octanol–water partition coefficient (Wildman–Crippen LogP) is 0.371. The van der Waals surface area contributed by atoms with Gasteiger partial charge in [-0.25, -0.2) is 4.79 Å². The summed E-state index contributed by atoms with van der Waals surface area (Å²) in [7, 11) is 5.45. The molecule has 4 amide bonds. The van der Waals surface area contributed by atoms with Crippen LogP contribution in [0.5, 0.6) is 17.2 Å². The Kier molecular flexibility index (Phi) is 10.8. The van der Waals surface area contributed by atoms with Crippen molar-refractivity contribution < 1.29 is 42.9 Å². The maximum Gasteiger partial charge on any atom is 0.328 e. The molecule has 198 valence electrons. The summed E-state index contributed by atoms with van der Waals surface area (Å²) in [5.74, 6) is -1.78. The van der Waals surface area contributed by atoms with Gasteiger partial charge in [0.05, 0.1) is 28.4 Å². The maximum atomic E-state index is 13.0. The molecule has 0 aliphatic carbocycles. The van der Waals surface area contributed by atoms with Crippen LogP contribution < -0.4 is 24.8 Å². The third-order valence-electron chi connectivity index (χ3n) is 5.48. The number of rotatable bonds is 12. The molecule has 1 fully saturated rings. The zero-order chi connectivity index (χ0) is 26.8. The minimum absolute atomic E-state index is 0.0495. The van der Waals surface area contributed by atoms with E-state index in [9.17, 15) is 24.0 Å². The van der Waals surface area contributed by atoms with Gasteiger partial charge in [0.2, 0.25) is 17.6 Å². The minimum atomic E-state index is -1.03. The summed E-state index contributed by atoms with van der Waals surface area (Å²) in [6.07, 6.45) is 2.21. The molecule has 1 heterocycles. The lowest BCUT2D eigenvalue weighted by Crippen LogP contribution is -2.57. The molecule has 2 rings (SSSR count). The Bertz CT molecular complexity index is 976. The van der Waals surface area contributed by atoms with Gasteiger partial charge in [-0.05, 0) is 37.0 Å². The standard InChI is InChI=1S/C23H31N3O9S/c1-32-16-10-13(11-17(33-2)20(16)34-3)21(29)25-14-6-7-19(28)26(22(14)30)12-18(27)24-15(8-9-36-5)23(31)35-4/h10-11,14-15H,6-9,12H2,1-5H3,(H,24,27)(H,25,29)/t14-,15-/m0/s1. The monoisotopic (exact) mass is 525 g/mol.